The van der Waals surface area contributed by atoms with Crippen molar-refractivity contribution >= 4 is 5.91 Å². The van der Waals surface area contributed by atoms with Crippen LogP contribution in [0.25, 0.3) is 0 Å². The van der Waals surface area contributed by atoms with E-state index in [-0.39, 0.29) is 18.2 Å². The quantitative estimate of drug-likeness (QED) is 0.734. The molecule has 1 amide bonds. The molecule has 0 saturated carbocycles. The van der Waals surface area contributed by atoms with E-state index in [4.69, 9.17) is 4.74 Å². The topological polar surface area (TPSA) is 29.5 Å². The summed E-state index contributed by atoms with van der Waals surface area (Å²) in [7, 11) is 0. The summed E-state index contributed by atoms with van der Waals surface area (Å²) in [5.74, 6) is 1.22. The van der Waals surface area contributed by atoms with Crippen molar-refractivity contribution in [1.29, 1.82) is 0 Å². The summed E-state index contributed by atoms with van der Waals surface area (Å²) in [6.07, 6.45) is 7.19. The first kappa shape index (κ1) is 12.2. The molecule has 2 heterocycles. The maximum atomic E-state index is 12.5. The van der Waals surface area contributed by atoms with Crippen molar-refractivity contribution in [3.63, 3.8) is 0 Å². The molecule has 0 radical (unpaired) electrons. The number of hydrogen-bond acceptors (Lipinski definition) is 2. The van der Waals surface area contributed by atoms with Gasteiger partial charge in [-0.05, 0) is 24.3 Å². The molecule has 4 atom stereocenters. The van der Waals surface area contributed by atoms with E-state index in [1.54, 1.807) is 0 Å². The largest absolute Gasteiger partial charge is 0.355 e. The standard InChI is InChI=1S/C17H19NO2/c19-16-10-13-8-4-5-9-14(13)17-18(16)15(11-20-17)12-6-2-1-3-7-12/h1-7,13-15,17H,8-11H2/t13-,14-,15-,17+/m0/s1. The fourth-order valence-electron chi connectivity index (χ4n) is 3.91. The van der Waals surface area contributed by atoms with Crippen LogP contribution in [0.15, 0.2) is 42.5 Å². The summed E-state index contributed by atoms with van der Waals surface area (Å²) >= 11 is 0. The zero-order valence-corrected chi connectivity index (χ0v) is 11.4. The summed E-state index contributed by atoms with van der Waals surface area (Å²) in [5, 5.41) is 0. The van der Waals surface area contributed by atoms with Crippen LogP contribution in [0.1, 0.15) is 30.9 Å². The molecule has 3 nitrogen and oxygen atoms in total. The molecule has 2 saturated heterocycles. The zero-order chi connectivity index (χ0) is 13.5. The third-order valence-electron chi connectivity index (χ3n) is 4.93. The van der Waals surface area contributed by atoms with E-state index in [9.17, 15) is 4.79 Å². The molecule has 2 aliphatic heterocycles. The Morgan fingerprint density at radius 1 is 1.10 bits per heavy atom. The Bertz CT molecular complexity index is 539. The molecule has 2 fully saturated rings. The van der Waals surface area contributed by atoms with E-state index >= 15 is 0 Å². The molecule has 1 aromatic carbocycles. The maximum absolute atomic E-state index is 12.5. The Balaban J connectivity index is 1.65. The monoisotopic (exact) mass is 269 g/mol. The minimum atomic E-state index is -0.0172. The van der Waals surface area contributed by atoms with Gasteiger partial charge in [-0.25, -0.2) is 0 Å². The van der Waals surface area contributed by atoms with Gasteiger partial charge in [-0.15, -0.1) is 0 Å². The molecule has 104 valence electrons. The molecule has 0 bridgehead atoms. The lowest BCUT2D eigenvalue weighted by atomic mass is 9.76. The van der Waals surface area contributed by atoms with Crippen LogP contribution in [0, 0.1) is 11.8 Å². The van der Waals surface area contributed by atoms with Gasteiger partial charge in [0.2, 0.25) is 5.91 Å². The Morgan fingerprint density at radius 2 is 1.90 bits per heavy atom. The second-order valence-electron chi connectivity index (χ2n) is 6.02. The van der Waals surface area contributed by atoms with Crippen LogP contribution in [0.4, 0.5) is 0 Å². The van der Waals surface area contributed by atoms with Gasteiger partial charge in [-0.1, -0.05) is 42.5 Å². The number of piperidine rings is 1. The normalized spacial score (nSPS) is 35.8. The van der Waals surface area contributed by atoms with Gasteiger partial charge in [0.15, 0.2) is 0 Å². The second kappa shape index (κ2) is 4.74. The van der Waals surface area contributed by atoms with Gasteiger partial charge < -0.3 is 9.64 Å². The molecule has 3 aliphatic rings. The summed E-state index contributed by atoms with van der Waals surface area (Å²) in [4.78, 5) is 14.5. The fraction of sp³-hybridized carbons (Fsp3) is 0.471. The van der Waals surface area contributed by atoms with Crippen molar-refractivity contribution in [2.24, 2.45) is 11.8 Å². The lowest BCUT2D eigenvalue weighted by Crippen LogP contribution is -2.50. The number of rotatable bonds is 1. The van der Waals surface area contributed by atoms with Gasteiger partial charge in [0, 0.05) is 12.3 Å². The Labute approximate surface area is 119 Å². The van der Waals surface area contributed by atoms with Crippen molar-refractivity contribution in [2.75, 3.05) is 6.61 Å². The van der Waals surface area contributed by atoms with E-state index in [1.807, 2.05) is 23.1 Å². The lowest BCUT2D eigenvalue weighted by Gasteiger charge is -2.43. The van der Waals surface area contributed by atoms with E-state index in [1.165, 1.54) is 5.56 Å². The van der Waals surface area contributed by atoms with Gasteiger partial charge in [-0.3, -0.25) is 4.79 Å². The van der Waals surface area contributed by atoms with Crippen LogP contribution in [0.5, 0.6) is 0 Å². The number of ether oxygens (including phenoxy) is 1. The molecule has 0 aromatic heterocycles. The Hall–Kier alpha value is -1.61. The van der Waals surface area contributed by atoms with Crippen LogP contribution in [0.3, 0.4) is 0 Å². The molecule has 1 aliphatic carbocycles. The number of carbonyl (C=O) groups excluding carboxylic acids is 1. The molecule has 0 spiro atoms. The summed E-state index contributed by atoms with van der Waals surface area (Å²) in [6, 6.07) is 10.4. The number of nitrogens with zero attached hydrogens (tertiary/aromatic N) is 1. The predicted octanol–water partition coefficient (Wildman–Crippen LogP) is 2.90. The van der Waals surface area contributed by atoms with Crippen LogP contribution >= 0.6 is 0 Å². The molecule has 1 aromatic rings. The molecular weight excluding hydrogens is 250 g/mol. The minimum Gasteiger partial charge on any atom is -0.355 e. The van der Waals surface area contributed by atoms with Crippen molar-refractivity contribution in [1.82, 2.24) is 4.90 Å². The SMILES string of the molecule is O=C1C[C@@H]2CC=CC[C@@H]2[C@H]2OC[C@@H](c3ccccc3)N12. The first-order valence-electron chi connectivity index (χ1n) is 7.47. The number of hydrogen-bond donors (Lipinski definition) is 0. The smallest absolute Gasteiger partial charge is 0.225 e. The van der Waals surface area contributed by atoms with E-state index < -0.39 is 0 Å². The van der Waals surface area contributed by atoms with E-state index in [0.29, 0.717) is 24.9 Å². The molecule has 0 N–H and O–H groups in total. The molecule has 20 heavy (non-hydrogen) atoms. The number of fused-ring (bicyclic) bond motifs is 3. The highest BCUT2D eigenvalue weighted by Crippen LogP contribution is 2.45. The summed E-state index contributed by atoms with van der Waals surface area (Å²) < 4.78 is 6.04. The van der Waals surface area contributed by atoms with Gasteiger partial charge >= 0.3 is 0 Å². The third-order valence-corrected chi connectivity index (χ3v) is 4.93. The highest BCUT2D eigenvalue weighted by atomic mass is 16.5. The number of benzene rings is 1. The van der Waals surface area contributed by atoms with E-state index in [0.717, 1.165) is 12.8 Å². The van der Waals surface area contributed by atoms with Crippen LogP contribution < -0.4 is 0 Å². The van der Waals surface area contributed by atoms with Gasteiger partial charge in [0.1, 0.15) is 6.23 Å². The lowest BCUT2D eigenvalue weighted by molar-refractivity contribution is -0.152. The molecule has 4 rings (SSSR count). The zero-order valence-electron chi connectivity index (χ0n) is 11.4. The molecule has 0 unspecified atom stereocenters. The maximum Gasteiger partial charge on any atom is 0.225 e. The number of amides is 1. The third kappa shape index (κ3) is 1.80. The second-order valence-corrected chi connectivity index (χ2v) is 6.02. The minimum absolute atomic E-state index is 0.0172. The van der Waals surface area contributed by atoms with Crippen molar-refractivity contribution in [3.05, 3.63) is 48.0 Å². The molecule has 3 heteroatoms. The Kier molecular flexibility index (Phi) is 2.88. The van der Waals surface area contributed by atoms with Gasteiger partial charge in [0.05, 0.1) is 12.6 Å². The number of carbonyl (C=O) groups is 1. The van der Waals surface area contributed by atoms with Crippen molar-refractivity contribution in [3.8, 4) is 0 Å². The fourth-order valence-corrected chi connectivity index (χ4v) is 3.91. The number of allylic oxidation sites excluding steroid dienone is 2. The summed E-state index contributed by atoms with van der Waals surface area (Å²) in [6.45, 7) is 0.632. The Morgan fingerprint density at radius 3 is 2.75 bits per heavy atom. The average molecular weight is 269 g/mol. The predicted molar refractivity (Wildman–Crippen MR) is 75.7 cm³/mol. The van der Waals surface area contributed by atoms with Crippen LogP contribution in [0.2, 0.25) is 0 Å². The molecular formula is C17H19NO2. The van der Waals surface area contributed by atoms with Crippen molar-refractivity contribution in [2.45, 2.75) is 31.5 Å². The van der Waals surface area contributed by atoms with Gasteiger partial charge in [0.25, 0.3) is 0 Å². The van der Waals surface area contributed by atoms with Crippen molar-refractivity contribution < 1.29 is 9.53 Å². The van der Waals surface area contributed by atoms with Crippen LogP contribution in [-0.2, 0) is 9.53 Å². The van der Waals surface area contributed by atoms with Gasteiger partial charge in [-0.2, -0.15) is 0 Å². The summed E-state index contributed by atoms with van der Waals surface area (Å²) in [5.41, 5.74) is 1.19. The first-order valence-corrected chi connectivity index (χ1v) is 7.47. The first-order chi connectivity index (χ1) is 9.84. The van der Waals surface area contributed by atoms with Crippen LogP contribution in [-0.4, -0.2) is 23.6 Å². The van der Waals surface area contributed by atoms with E-state index in [2.05, 4.69) is 24.3 Å². The average Bonchev–Trinajstić information content (AvgIpc) is 2.94. The highest BCUT2D eigenvalue weighted by molar-refractivity contribution is 5.78. The highest BCUT2D eigenvalue weighted by Gasteiger charge is 2.49.